The number of hydrogen-bond acceptors (Lipinski definition) is 1. The van der Waals surface area contributed by atoms with Gasteiger partial charge >= 0.3 is 0 Å². The average molecular weight is 373 g/mol. The largest absolute Gasteiger partial charge is 0.349 e. The van der Waals surface area contributed by atoms with Gasteiger partial charge in [0.05, 0.1) is 5.56 Å². The van der Waals surface area contributed by atoms with Gasteiger partial charge in [-0.05, 0) is 54.0 Å². The van der Waals surface area contributed by atoms with Crippen LogP contribution in [0.5, 0.6) is 0 Å². The highest BCUT2D eigenvalue weighted by Gasteiger charge is 2.15. The third kappa shape index (κ3) is 5.13. The molecular formula is C16H24INO. The molecule has 2 nitrogen and oxygen atoms in total. The lowest BCUT2D eigenvalue weighted by Crippen LogP contribution is -2.35. The number of nitrogens with one attached hydrogen (secondary N) is 1. The Balaban J connectivity index is 2.72. The van der Waals surface area contributed by atoms with Crippen LogP contribution in [0.15, 0.2) is 18.2 Å². The van der Waals surface area contributed by atoms with Gasteiger partial charge in [0.25, 0.3) is 5.91 Å². The van der Waals surface area contributed by atoms with Crippen LogP contribution in [0, 0.1) is 10.5 Å². The van der Waals surface area contributed by atoms with E-state index in [2.05, 4.69) is 41.8 Å². The molecule has 3 heteroatoms. The second-order valence-electron chi connectivity index (χ2n) is 5.04. The second kappa shape index (κ2) is 8.56. The predicted octanol–water partition coefficient (Wildman–Crippen LogP) is 4.69. The number of amides is 1. The Morgan fingerprint density at radius 2 is 2.00 bits per heavy atom. The van der Waals surface area contributed by atoms with Crippen molar-refractivity contribution < 1.29 is 4.79 Å². The molecule has 0 heterocycles. The fraction of sp³-hybridized carbons (Fsp3) is 0.562. The van der Waals surface area contributed by atoms with Gasteiger partial charge in [0.1, 0.15) is 0 Å². The maximum absolute atomic E-state index is 12.4. The van der Waals surface area contributed by atoms with Crippen LogP contribution >= 0.6 is 22.6 Å². The van der Waals surface area contributed by atoms with Gasteiger partial charge in [-0.2, -0.15) is 0 Å². The van der Waals surface area contributed by atoms with E-state index >= 15 is 0 Å². The quantitative estimate of drug-likeness (QED) is 0.691. The van der Waals surface area contributed by atoms with Crippen molar-refractivity contribution in [3.05, 3.63) is 32.9 Å². The fourth-order valence-electron chi connectivity index (χ4n) is 2.17. The molecule has 1 amide bonds. The van der Waals surface area contributed by atoms with E-state index in [4.69, 9.17) is 0 Å². The molecule has 1 atom stereocenters. The Bertz CT molecular complexity index is 417. The lowest BCUT2D eigenvalue weighted by molar-refractivity contribution is 0.0931. The van der Waals surface area contributed by atoms with E-state index in [9.17, 15) is 4.79 Å². The Kier molecular flexibility index (Phi) is 7.42. The van der Waals surface area contributed by atoms with E-state index in [1.807, 2.05) is 25.1 Å². The van der Waals surface area contributed by atoms with Crippen LogP contribution in [0.3, 0.4) is 0 Å². The summed E-state index contributed by atoms with van der Waals surface area (Å²) in [6.45, 7) is 6.40. The molecule has 0 aliphatic carbocycles. The highest BCUT2D eigenvalue weighted by molar-refractivity contribution is 14.1. The zero-order chi connectivity index (χ0) is 14.3. The summed E-state index contributed by atoms with van der Waals surface area (Å²) in [5.41, 5.74) is 1.96. The number of rotatable bonds is 7. The van der Waals surface area contributed by atoms with Crippen LogP contribution in [0.1, 0.15) is 61.9 Å². The Labute approximate surface area is 130 Å². The van der Waals surface area contributed by atoms with Gasteiger partial charge in [-0.15, -0.1) is 0 Å². The monoisotopic (exact) mass is 373 g/mol. The van der Waals surface area contributed by atoms with Crippen LogP contribution in [0.4, 0.5) is 0 Å². The van der Waals surface area contributed by atoms with E-state index < -0.39 is 0 Å². The molecule has 1 aromatic carbocycles. The van der Waals surface area contributed by atoms with Crippen LogP contribution in [-0.2, 0) is 0 Å². The van der Waals surface area contributed by atoms with Gasteiger partial charge in [-0.1, -0.05) is 45.2 Å². The summed E-state index contributed by atoms with van der Waals surface area (Å²) in [5, 5.41) is 3.19. The minimum Gasteiger partial charge on any atom is -0.349 e. The first-order chi connectivity index (χ1) is 9.10. The number of benzene rings is 1. The topological polar surface area (TPSA) is 29.1 Å². The number of aryl methyl sites for hydroxylation is 1. The Hall–Kier alpha value is -0.580. The van der Waals surface area contributed by atoms with Gasteiger partial charge in [0, 0.05) is 9.61 Å². The number of unbranched alkanes of at least 4 members (excludes halogenated alkanes) is 1. The van der Waals surface area contributed by atoms with Crippen LogP contribution in [0.2, 0.25) is 0 Å². The van der Waals surface area contributed by atoms with Crippen molar-refractivity contribution in [2.75, 3.05) is 0 Å². The molecule has 0 aliphatic rings. The minimum absolute atomic E-state index is 0.0719. The molecule has 1 aromatic rings. The van der Waals surface area contributed by atoms with Crippen LogP contribution < -0.4 is 5.32 Å². The first-order valence-corrected chi connectivity index (χ1v) is 8.24. The second-order valence-corrected chi connectivity index (χ2v) is 6.12. The fourth-order valence-corrected chi connectivity index (χ4v) is 2.78. The van der Waals surface area contributed by atoms with E-state index in [1.54, 1.807) is 0 Å². The summed E-state index contributed by atoms with van der Waals surface area (Å²) in [4.78, 5) is 12.4. The van der Waals surface area contributed by atoms with E-state index in [0.29, 0.717) is 6.04 Å². The molecule has 1 unspecified atom stereocenters. The van der Waals surface area contributed by atoms with Crippen molar-refractivity contribution in [2.24, 2.45) is 0 Å². The standard InChI is InChI=1S/C16H24INO/c1-4-6-10-13(8-5-2)18-16(19)14-11-7-9-12(3)15(14)17/h7,9,11,13H,4-6,8,10H2,1-3H3,(H,18,19). The number of hydrogen-bond donors (Lipinski definition) is 1. The molecule has 1 N–H and O–H groups in total. The summed E-state index contributed by atoms with van der Waals surface area (Å²) >= 11 is 2.26. The lowest BCUT2D eigenvalue weighted by Gasteiger charge is -2.18. The first-order valence-electron chi connectivity index (χ1n) is 7.16. The third-order valence-corrected chi connectivity index (χ3v) is 4.75. The molecule has 106 valence electrons. The van der Waals surface area contributed by atoms with Gasteiger partial charge in [0.2, 0.25) is 0 Å². The van der Waals surface area contributed by atoms with Crippen molar-refractivity contribution in [3.8, 4) is 0 Å². The van der Waals surface area contributed by atoms with Gasteiger partial charge in [-0.25, -0.2) is 0 Å². The van der Waals surface area contributed by atoms with Crippen molar-refractivity contribution >= 4 is 28.5 Å². The van der Waals surface area contributed by atoms with Crippen LogP contribution in [-0.4, -0.2) is 11.9 Å². The molecule has 0 aliphatic heterocycles. The van der Waals surface area contributed by atoms with Crippen LogP contribution in [0.25, 0.3) is 0 Å². The summed E-state index contributed by atoms with van der Waals surface area (Å²) < 4.78 is 1.06. The molecule has 0 spiro atoms. The molecule has 0 fully saturated rings. The third-order valence-electron chi connectivity index (χ3n) is 3.31. The van der Waals surface area contributed by atoms with Gasteiger partial charge in [0.15, 0.2) is 0 Å². The maximum Gasteiger partial charge on any atom is 0.252 e. The van der Waals surface area contributed by atoms with Crippen molar-refractivity contribution in [2.45, 2.75) is 58.9 Å². The highest BCUT2D eigenvalue weighted by atomic mass is 127. The SMILES string of the molecule is CCCCC(CCC)NC(=O)c1cccc(C)c1I. The molecule has 0 saturated carbocycles. The van der Waals surface area contributed by atoms with Crippen molar-refractivity contribution in [3.63, 3.8) is 0 Å². The molecule has 0 radical (unpaired) electrons. The summed E-state index contributed by atoms with van der Waals surface area (Å²) in [6, 6.07) is 6.22. The molecule has 1 rings (SSSR count). The zero-order valence-electron chi connectivity index (χ0n) is 12.1. The predicted molar refractivity (Wildman–Crippen MR) is 89.6 cm³/mol. The molecule has 0 saturated heterocycles. The summed E-state index contributed by atoms with van der Waals surface area (Å²) in [6.07, 6.45) is 5.61. The number of halogens is 1. The van der Waals surface area contributed by atoms with E-state index in [0.717, 1.165) is 34.0 Å². The smallest absolute Gasteiger partial charge is 0.252 e. The maximum atomic E-state index is 12.4. The Morgan fingerprint density at radius 1 is 1.26 bits per heavy atom. The zero-order valence-corrected chi connectivity index (χ0v) is 14.3. The summed E-state index contributed by atoms with van der Waals surface area (Å²) in [7, 11) is 0. The highest BCUT2D eigenvalue weighted by Crippen LogP contribution is 2.17. The minimum atomic E-state index is 0.0719. The average Bonchev–Trinajstić information content (AvgIpc) is 2.39. The normalized spacial score (nSPS) is 12.2. The number of carbonyl (C=O) groups excluding carboxylic acids is 1. The first kappa shape index (κ1) is 16.5. The van der Waals surface area contributed by atoms with Gasteiger partial charge in [-0.3, -0.25) is 4.79 Å². The van der Waals surface area contributed by atoms with Gasteiger partial charge < -0.3 is 5.32 Å². The van der Waals surface area contributed by atoms with Crippen molar-refractivity contribution in [1.82, 2.24) is 5.32 Å². The summed E-state index contributed by atoms with van der Waals surface area (Å²) in [5.74, 6) is 0.0719. The van der Waals surface area contributed by atoms with E-state index in [-0.39, 0.29) is 5.91 Å². The molecular weight excluding hydrogens is 349 g/mol. The molecule has 0 aromatic heterocycles. The lowest BCUT2D eigenvalue weighted by atomic mass is 10.0. The molecule has 0 bridgehead atoms. The number of carbonyl (C=O) groups is 1. The molecule has 19 heavy (non-hydrogen) atoms. The van der Waals surface area contributed by atoms with Crippen molar-refractivity contribution in [1.29, 1.82) is 0 Å². The Morgan fingerprint density at radius 3 is 2.63 bits per heavy atom. The van der Waals surface area contributed by atoms with E-state index in [1.165, 1.54) is 12.8 Å².